The van der Waals surface area contributed by atoms with Gasteiger partial charge in [0, 0.05) is 17.9 Å². The second-order valence-electron chi connectivity index (χ2n) is 5.43. The van der Waals surface area contributed by atoms with Gasteiger partial charge in [0.05, 0.1) is 0 Å². The molecule has 17 heavy (non-hydrogen) atoms. The Morgan fingerprint density at radius 3 is 2.29 bits per heavy atom. The van der Waals surface area contributed by atoms with Crippen molar-refractivity contribution in [2.45, 2.75) is 77.2 Å². The number of unbranched alkanes of at least 4 members (excludes halogenated alkanes) is 4. The first-order chi connectivity index (χ1) is 8.38. The van der Waals surface area contributed by atoms with E-state index in [9.17, 15) is 0 Å². The van der Waals surface area contributed by atoms with E-state index in [2.05, 4.69) is 27.8 Å². The van der Waals surface area contributed by atoms with E-state index >= 15 is 0 Å². The van der Waals surface area contributed by atoms with E-state index in [0.29, 0.717) is 0 Å². The standard InChI is InChI=1S/C15H30BrN/c1-2-3-4-5-9-13-17(14-12-16)15-10-7-6-8-11-15/h15H,2-14H2,1H3. The van der Waals surface area contributed by atoms with Gasteiger partial charge < -0.3 is 0 Å². The summed E-state index contributed by atoms with van der Waals surface area (Å²) < 4.78 is 0. The topological polar surface area (TPSA) is 3.24 Å². The van der Waals surface area contributed by atoms with Crippen LogP contribution >= 0.6 is 15.9 Å². The second-order valence-corrected chi connectivity index (χ2v) is 6.22. The van der Waals surface area contributed by atoms with Crippen molar-refractivity contribution in [3.63, 3.8) is 0 Å². The Kier molecular flexibility index (Phi) is 9.45. The van der Waals surface area contributed by atoms with Crippen molar-refractivity contribution in [1.82, 2.24) is 4.90 Å². The van der Waals surface area contributed by atoms with Gasteiger partial charge >= 0.3 is 0 Å². The molecule has 0 spiro atoms. The molecule has 0 radical (unpaired) electrons. The molecule has 0 atom stereocenters. The molecule has 1 aliphatic rings. The van der Waals surface area contributed by atoms with Crippen LogP contribution in [0.25, 0.3) is 0 Å². The summed E-state index contributed by atoms with van der Waals surface area (Å²) in [5.74, 6) is 0. The molecule has 0 unspecified atom stereocenters. The maximum atomic E-state index is 3.61. The Morgan fingerprint density at radius 1 is 0.941 bits per heavy atom. The normalized spacial score (nSPS) is 17.8. The van der Waals surface area contributed by atoms with E-state index in [1.165, 1.54) is 77.3 Å². The van der Waals surface area contributed by atoms with Gasteiger partial charge in [-0.25, -0.2) is 0 Å². The highest BCUT2D eigenvalue weighted by molar-refractivity contribution is 9.09. The van der Waals surface area contributed by atoms with Crippen LogP contribution in [-0.4, -0.2) is 29.4 Å². The van der Waals surface area contributed by atoms with E-state index in [4.69, 9.17) is 0 Å². The van der Waals surface area contributed by atoms with E-state index in [-0.39, 0.29) is 0 Å². The van der Waals surface area contributed by atoms with Crippen molar-refractivity contribution in [1.29, 1.82) is 0 Å². The summed E-state index contributed by atoms with van der Waals surface area (Å²) in [6, 6.07) is 0.896. The van der Waals surface area contributed by atoms with Crippen LogP contribution in [0.3, 0.4) is 0 Å². The van der Waals surface area contributed by atoms with E-state index in [0.717, 1.165) is 11.4 Å². The third-order valence-corrected chi connectivity index (χ3v) is 4.37. The summed E-state index contributed by atoms with van der Waals surface area (Å²) in [5, 5.41) is 1.14. The highest BCUT2D eigenvalue weighted by Gasteiger charge is 2.19. The lowest BCUT2D eigenvalue weighted by Crippen LogP contribution is -2.38. The first-order valence-electron chi connectivity index (χ1n) is 7.68. The van der Waals surface area contributed by atoms with Crippen molar-refractivity contribution in [2.75, 3.05) is 18.4 Å². The second kappa shape index (κ2) is 10.4. The van der Waals surface area contributed by atoms with Gasteiger partial charge in [0.25, 0.3) is 0 Å². The summed E-state index contributed by atoms with van der Waals surface area (Å²) in [5.41, 5.74) is 0. The smallest absolute Gasteiger partial charge is 0.0159 e. The van der Waals surface area contributed by atoms with Crippen molar-refractivity contribution >= 4 is 15.9 Å². The zero-order chi connectivity index (χ0) is 12.3. The monoisotopic (exact) mass is 303 g/mol. The van der Waals surface area contributed by atoms with Crippen molar-refractivity contribution in [2.24, 2.45) is 0 Å². The van der Waals surface area contributed by atoms with Crippen LogP contribution in [0.4, 0.5) is 0 Å². The molecule has 1 saturated carbocycles. The zero-order valence-corrected chi connectivity index (χ0v) is 13.2. The van der Waals surface area contributed by atoms with Crippen LogP contribution in [0, 0.1) is 0 Å². The van der Waals surface area contributed by atoms with Crippen LogP contribution in [-0.2, 0) is 0 Å². The molecular weight excluding hydrogens is 274 g/mol. The first-order valence-corrected chi connectivity index (χ1v) is 8.80. The number of rotatable bonds is 9. The number of hydrogen-bond donors (Lipinski definition) is 0. The van der Waals surface area contributed by atoms with Crippen LogP contribution in [0.5, 0.6) is 0 Å². The SMILES string of the molecule is CCCCCCCN(CCBr)C1CCCCC1. The lowest BCUT2D eigenvalue weighted by molar-refractivity contribution is 0.162. The maximum absolute atomic E-state index is 3.61. The van der Waals surface area contributed by atoms with Crippen LogP contribution < -0.4 is 0 Å². The molecule has 0 aromatic rings. The van der Waals surface area contributed by atoms with E-state index < -0.39 is 0 Å². The third kappa shape index (κ3) is 6.81. The van der Waals surface area contributed by atoms with Gasteiger partial charge in [0.1, 0.15) is 0 Å². The fourth-order valence-electron chi connectivity index (χ4n) is 2.95. The van der Waals surface area contributed by atoms with Gasteiger partial charge in [-0.15, -0.1) is 0 Å². The van der Waals surface area contributed by atoms with E-state index in [1.54, 1.807) is 0 Å². The molecule has 2 heteroatoms. The molecule has 102 valence electrons. The van der Waals surface area contributed by atoms with E-state index in [1.807, 2.05) is 0 Å². The Labute approximate surface area is 116 Å². The molecule has 0 aromatic carbocycles. The molecule has 0 amide bonds. The first kappa shape index (κ1) is 15.5. The molecule has 1 rings (SSSR count). The molecule has 1 fully saturated rings. The summed E-state index contributed by atoms with van der Waals surface area (Å²) in [4.78, 5) is 2.75. The number of hydrogen-bond acceptors (Lipinski definition) is 1. The average molecular weight is 304 g/mol. The summed E-state index contributed by atoms with van der Waals surface area (Å²) >= 11 is 3.61. The molecule has 1 aliphatic carbocycles. The lowest BCUT2D eigenvalue weighted by atomic mass is 9.94. The van der Waals surface area contributed by atoms with Crippen LogP contribution in [0.1, 0.15) is 71.1 Å². The zero-order valence-electron chi connectivity index (χ0n) is 11.6. The molecule has 0 aromatic heterocycles. The quantitative estimate of drug-likeness (QED) is 0.428. The molecule has 0 saturated heterocycles. The predicted molar refractivity (Wildman–Crippen MR) is 81.0 cm³/mol. The largest absolute Gasteiger partial charge is 0.300 e. The third-order valence-electron chi connectivity index (χ3n) is 4.01. The Balaban J connectivity index is 2.17. The van der Waals surface area contributed by atoms with Gasteiger partial charge in [-0.1, -0.05) is 67.8 Å². The molecule has 0 aliphatic heterocycles. The Morgan fingerprint density at radius 2 is 1.65 bits per heavy atom. The van der Waals surface area contributed by atoms with Gasteiger partial charge in [-0.3, -0.25) is 4.90 Å². The lowest BCUT2D eigenvalue weighted by Gasteiger charge is -2.34. The molecule has 0 bridgehead atoms. The van der Waals surface area contributed by atoms with Gasteiger partial charge in [-0.2, -0.15) is 0 Å². The average Bonchev–Trinajstić information content (AvgIpc) is 2.38. The predicted octanol–water partition coefficient (Wildman–Crippen LogP) is 4.99. The maximum Gasteiger partial charge on any atom is 0.0159 e. The summed E-state index contributed by atoms with van der Waals surface area (Å²) in [6.45, 7) is 4.87. The summed E-state index contributed by atoms with van der Waals surface area (Å²) in [6.07, 6.45) is 14.3. The number of halogens is 1. The molecular formula is C15H30BrN. The van der Waals surface area contributed by atoms with Crippen molar-refractivity contribution < 1.29 is 0 Å². The fraction of sp³-hybridized carbons (Fsp3) is 1.00. The number of nitrogens with zero attached hydrogens (tertiary/aromatic N) is 1. The van der Waals surface area contributed by atoms with Gasteiger partial charge in [0.15, 0.2) is 0 Å². The van der Waals surface area contributed by atoms with Crippen LogP contribution in [0.15, 0.2) is 0 Å². The Hall–Kier alpha value is 0.440. The van der Waals surface area contributed by atoms with Crippen molar-refractivity contribution in [3.8, 4) is 0 Å². The highest BCUT2D eigenvalue weighted by atomic mass is 79.9. The molecule has 0 heterocycles. The van der Waals surface area contributed by atoms with Crippen LogP contribution in [0.2, 0.25) is 0 Å². The number of alkyl halides is 1. The Bertz CT molecular complexity index is 166. The van der Waals surface area contributed by atoms with Gasteiger partial charge in [-0.05, 0) is 25.8 Å². The molecule has 0 N–H and O–H groups in total. The molecule has 1 nitrogen and oxygen atoms in total. The fourth-order valence-corrected chi connectivity index (χ4v) is 3.41. The minimum absolute atomic E-state index is 0.896. The minimum Gasteiger partial charge on any atom is -0.300 e. The van der Waals surface area contributed by atoms with Crippen molar-refractivity contribution in [3.05, 3.63) is 0 Å². The minimum atomic E-state index is 0.896. The van der Waals surface area contributed by atoms with Gasteiger partial charge in [0.2, 0.25) is 0 Å². The summed E-state index contributed by atoms with van der Waals surface area (Å²) in [7, 11) is 0. The highest BCUT2D eigenvalue weighted by Crippen LogP contribution is 2.23.